The molecule has 2 aliphatic heterocycles. The number of hydrogen-bond acceptors (Lipinski definition) is 8. The molecule has 0 aromatic heterocycles. The van der Waals surface area contributed by atoms with E-state index in [-0.39, 0.29) is 5.66 Å². The highest BCUT2D eigenvalue weighted by Crippen LogP contribution is 2.56. The Balaban J connectivity index is 0.906. The topological polar surface area (TPSA) is 118 Å². The molecule has 10 heteroatoms. The minimum Gasteiger partial charge on any atom is -0.402 e. The van der Waals surface area contributed by atoms with E-state index < -0.39 is 8.03 Å². The number of piperazine rings is 1. The van der Waals surface area contributed by atoms with Crippen molar-refractivity contribution >= 4 is 13.9 Å². The largest absolute Gasteiger partial charge is 0.506 e. The van der Waals surface area contributed by atoms with E-state index in [4.69, 9.17) is 15.6 Å². The third-order valence-electron chi connectivity index (χ3n) is 11.7. The van der Waals surface area contributed by atoms with Gasteiger partial charge in [0.05, 0.1) is 0 Å². The van der Waals surface area contributed by atoms with E-state index in [2.05, 4.69) is 38.7 Å². The van der Waals surface area contributed by atoms with Crippen molar-refractivity contribution in [3.63, 3.8) is 0 Å². The Bertz CT molecular complexity index is 997. The summed E-state index contributed by atoms with van der Waals surface area (Å²) in [4.78, 5) is 19.1. The highest BCUT2D eigenvalue weighted by Gasteiger charge is 2.65. The van der Waals surface area contributed by atoms with Gasteiger partial charge in [0.2, 0.25) is 0 Å². The lowest BCUT2D eigenvalue weighted by Gasteiger charge is -2.37. The molecular formula is C32H57N7O2P+. The number of aliphatic imine (C=N–C) groups is 1. The molecule has 4 aliphatic carbocycles. The molecule has 4 unspecified atom stereocenters. The molecule has 6 rings (SSSR count). The predicted octanol–water partition coefficient (Wildman–Crippen LogP) is 3.24. The Morgan fingerprint density at radius 1 is 1.00 bits per heavy atom. The molecule has 0 bridgehead atoms. The van der Waals surface area contributed by atoms with Gasteiger partial charge >= 0.3 is 8.03 Å². The van der Waals surface area contributed by atoms with Crippen LogP contribution in [0.25, 0.3) is 0 Å². The van der Waals surface area contributed by atoms with E-state index in [0.29, 0.717) is 30.0 Å². The number of rotatable bonds is 13. The van der Waals surface area contributed by atoms with Crippen LogP contribution in [0.2, 0.25) is 0 Å². The van der Waals surface area contributed by atoms with E-state index in [0.717, 1.165) is 62.1 Å². The third kappa shape index (κ3) is 7.40. The predicted molar refractivity (Wildman–Crippen MR) is 171 cm³/mol. The molecule has 236 valence electrons. The average Bonchev–Trinajstić information content (AvgIpc) is 3.91. The zero-order valence-electron chi connectivity index (χ0n) is 26.0. The van der Waals surface area contributed by atoms with E-state index in [1.54, 1.807) is 0 Å². The van der Waals surface area contributed by atoms with E-state index in [1.165, 1.54) is 90.3 Å². The second-order valence-electron chi connectivity index (χ2n) is 14.7. The maximum absolute atomic E-state index is 11.1. The number of amidine groups is 1. The SMILES string of the molecule is CC1C2C(N)=CC(N3CCN(CC[P+](=O)O)CC3)=NC12NCC1CCC(CNCC2(CNC3CCCCC3)CC2)CC1. The van der Waals surface area contributed by atoms with Crippen molar-refractivity contribution in [1.29, 1.82) is 0 Å². The van der Waals surface area contributed by atoms with Crippen LogP contribution in [-0.2, 0) is 4.57 Å². The minimum absolute atomic E-state index is 0.233. The molecule has 0 amide bonds. The van der Waals surface area contributed by atoms with Crippen LogP contribution in [0.15, 0.2) is 16.8 Å². The summed E-state index contributed by atoms with van der Waals surface area (Å²) < 4.78 is 11.1. The second-order valence-corrected chi connectivity index (χ2v) is 15.9. The summed E-state index contributed by atoms with van der Waals surface area (Å²) >= 11 is 0. The van der Waals surface area contributed by atoms with Gasteiger partial charge in [-0.15, -0.1) is 0 Å². The number of dihydropyridines is 1. The molecular weight excluding hydrogens is 545 g/mol. The van der Waals surface area contributed by atoms with E-state index in [9.17, 15) is 4.57 Å². The zero-order valence-corrected chi connectivity index (χ0v) is 26.9. The van der Waals surface area contributed by atoms with E-state index in [1.807, 2.05) is 0 Å². The molecule has 0 aromatic rings. The molecule has 5 fully saturated rings. The summed E-state index contributed by atoms with van der Waals surface area (Å²) in [6.07, 6.45) is 17.6. The molecule has 0 spiro atoms. The van der Waals surface area contributed by atoms with Gasteiger partial charge in [0.15, 0.2) is 6.16 Å². The molecule has 9 nitrogen and oxygen atoms in total. The summed E-state index contributed by atoms with van der Waals surface area (Å²) in [5, 5.41) is 11.7. The highest BCUT2D eigenvalue weighted by molar-refractivity contribution is 7.38. The smallest absolute Gasteiger partial charge is 0.402 e. The number of nitrogens with zero attached hydrogens (tertiary/aromatic N) is 3. The van der Waals surface area contributed by atoms with Gasteiger partial charge in [0, 0.05) is 75.9 Å². The molecule has 42 heavy (non-hydrogen) atoms. The molecule has 0 aromatic carbocycles. The molecule has 6 aliphatic rings. The van der Waals surface area contributed by atoms with Crippen LogP contribution in [0.3, 0.4) is 0 Å². The van der Waals surface area contributed by atoms with Gasteiger partial charge < -0.3 is 21.3 Å². The van der Waals surface area contributed by atoms with Gasteiger partial charge in [-0.25, -0.2) is 4.99 Å². The van der Waals surface area contributed by atoms with Crippen molar-refractivity contribution in [2.75, 3.05) is 65.1 Å². The van der Waals surface area contributed by atoms with Crippen LogP contribution >= 0.6 is 8.03 Å². The Kier molecular flexibility index (Phi) is 9.93. The average molecular weight is 603 g/mol. The van der Waals surface area contributed by atoms with Crippen LogP contribution in [0.4, 0.5) is 0 Å². The number of nitrogens with one attached hydrogen (secondary N) is 3. The van der Waals surface area contributed by atoms with Crippen molar-refractivity contribution in [1.82, 2.24) is 25.8 Å². The summed E-state index contributed by atoms with van der Waals surface area (Å²) in [7, 11) is -2.06. The van der Waals surface area contributed by atoms with Crippen molar-refractivity contribution in [3.05, 3.63) is 11.8 Å². The van der Waals surface area contributed by atoms with Crippen molar-refractivity contribution in [3.8, 4) is 0 Å². The lowest BCUT2D eigenvalue weighted by Crippen LogP contribution is -2.50. The van der Waals surface area contributed by atoms with E-state index >= 15 is 0 Å². The number of hydrogen-bond donors (Lipinski definition) is 5. The van der Waals surface area contributed by atoms with Crippen molar-refractivity contribution in [2.45, 2.75) is 89.3 Å². The molecule has 0 radical (unpaired) electrons. The second kappa shape index (κ2) is 13.5. The lowest BCUT2D eigenvalue weighted by molar-refractivity contribution is 0.189. The maximum Gasteiger partial charge on any atom is 0.506 e. The fraction of sp³-hybridized carbons (Fsp3) is 0.906. The molecule has 4 atom stereocenters. The summed E-state index contributed by atoms with van der Waals surface area (Å²) in [5.74, 6) is 3.31. The Morgan fingerprint density at radius 3 is 2.36 bits per heavy atom. The number of fused-ring (bicyclic) bond motifs is 1. The van der Waals surface area contributed by atoms with Gasteiger partial charge in [-0.1, -0.05) is 26.2 Å². The normalized spacial score (nSPS) is 35.3. The Labute approximate surface area is 254 Å². The van der Waals surface area contributed by atoms with Crippen molar-refractivity contribution in [2.24, 2.45) is 39.8 Å². The van der Waals surface area contributed by atoms with Gasteiger partial charge in [-0.05, 0) is 85.8 Å². The first-order chi connectivity index (χ1) is 20.4. The third-order valence-corrected chi connectivity index (χ3v) is 12.3. The van der Waals surface area contributed by atoms with Crippen LogP contribution in [-0.4, -0.2) is 97.3 Å². The fourth-order valence-electron chi connectivity index (χ4n) is 8.37. The van der Waals surface area contributed by atoms with Gasteiger partial charge in [-0.3, -0.25) is 10.2 Å². The summed E-state index contributed by atoms with van der Waals surface area (Å²) in [6.45, 7) is 11.2. The minimum atomic E-state index is -2.06. The number of nitrogens with two attached hydrogens (primary N) is 1. The standard InChI is InChI=1S/C32H56N7O2P/c1-24-30-28(33)19-29(39-15-13-38(14-16-39)17-18-42(40)41)37-32(24,30)36-21-26-9-7-25(8-10-26)20-34-22-31(11-12-31)23-35-27-5-3-2-4-6-27/h19,24-27,30,34-36H,2-18,20-23,33H2,1H3/p+1. The van der Waals surface area contributed by atoms with Gasteiger partial charge in [0.25, 0.3) is 0 Å². The van der Waals surface area contributed by atoms with Crippen molar-refractivity contribution < 1.29 is 9.46 Å². The summed E-state index contributed by atoms with van der Waals surface area (Å²) in [6, 6.07) is 0.778. The lowest BCUT2D eigenvalue weighted by atomic mass is 9.82. The molecule has 6 N–H and O–H groups in total. The zero-order chi connectivity index (χ0) is 29.2. The fourth-order valence-corrected chi connectivity index (χ4v) is 8.82. The monoisotopic (exact) mass is 602 g/mol. The highest BCUT2D eigenvalue weighted by atomic mass is 31.1. The van der Waals surface area contributed by atoms with Crippen LogP contribution in [0, 0.1) is 29.1 Å². The van der Waals surface area contributed by atoms with Crippen LogP contribution in [0.5, 0.6) is 0 Å². The summed E-state index contributed by atoms with van der Waals surface area (Å²) in [5.41, 5.74) is 7.88. The molecule has 1 saturated heterocycles. The quantitative estimate of drug-likeness (QED) is 0.204. The van der Waals surface area contributed by atoms with Crippen LogP contribution in [0.1, 0.15) is 77.6 Å². The Morgan fingerprint density at radius 2 is 1.69 bits per heavy atom. The molecule has 2 heterocycles. The maximum atomic E-state index is 11.1. The molecule has 4 saturated carbocycles. The first kappa shape index (κ1) is 30.9. The van der Waals surface area contributed by atoms with Crippen LogP contribution < -0.4 is 21.7 Å². The first-order valence-corrected chi connectivity index (χ1v) is 18.6. The van der Waals surface area contributed by atoms with Gasteiger partial charge in [0.1, 0.15) is 11.5 Å². The first-order valence-electron chi connectivity index (χ1n) is 17.2. The Hall–Kier alpha value is -1.09. The van der Waals surface area contributed by atoms with Gasteiger partial charge in [-0.2, -0.15) is 4.89 Å².